The van der Waals surface area contributed by atoms with Gasteiger partial charge in [-0.2, -0.15) is 0 Å². The van der Waals surface area contributed by atoms with Gasteiger partial charge in [0.2, 0.25) is 0 Å². The van der Waals surface area contributed by atoms with Gasteiger partial charge in [0.05, 0.1) is 18.3 Å². The first-order chi connectivity index (χ1) is 13.7. The molecule has 1 aliphatic rings. The molecule has 0 heterocycles. The number of rotatable bonds is 8. The smallest absolute Gasteiger partial charge is 0.0811 e. The minimum absolute atomic E-state index is 0.309. The van der Waals surface area contributed by atoms with E-state index in [1.165, 1.54) is 0 Å². The van der Waals surface area contributed by atoms with Gasteiger partial charge >= 0.3 is 0 Å². The molecule has 1 fully saturated rings. The van der Waals surface area contributed by atoms with Crippen LogP contribution in [-0.2, 0) is 6.42 Å². The van der Waals surface area contributed by atoms with E-state index in [0.29, 0.717) is 31.3 Å². The molecule has 0 aromatic heterocycles. The van der Waals surface area contributed by atoms with Gasteiger partial charge in [-0.25, -0.2) is 0 Å². The predicted octanol–water partition coefficient (Wildman–Crippen LogP) is 4.57. The van der Waals surface area contributed by atoms with Crippen molar-refractivity contribution in [2.24, 2.45) is 0 Å². The summed E-state index contributed by atoms with van der Waals surface area (Å²) in [6.07, 6.45) is 3.40. The van der Waals surface area contributed by atoms with Gasteiger partial charge in [-0.1, -0.05) is 56.3 Å². The molecule has 3 N–H and O–H groups in total. The monoisotopic (exact) mass is 372 g/mol. The first kappa shape index (κ1) is 18.7. The van der Waals surface area contributed by atoms with E-state index in [2.05, 4.69) is 19.6 Å². The maximum atomic E-state index is 10.0. The van der Waals surface area contributed by atoms with Gasteiger partial charge in [-0.05, 0) is 66.9 Å². The fraction of sp³-hybridized carbons (Fsp3) is 0.500. The molecular formula is C24H34O3. The third-order valence-corrected chi connectivity index (χ3v) is 4.93. The van der Waals surface area contributed by atoms with Crippen molar-refractivity contribution in [2.45, 2.75) is 77.1 Å². The Balaban J connectivity index is 2.17. The van der Waals surface area contributed by atoms with Crippen LogP contribution in [0.3, 0.4) is 0 Å². The van der Waals surface area contributed by atoms with Crippen LogP contribution >= 0.6 is 0 Å². The Hall–Kier alpha value is -1.68. The van der Waals surface area contributed by atoms with Gasteiger partial charge in [0.1, 0.15) is 0 Å². The third-order valence-electron chi connectivity index (χ3n) is 4.93. The Kier molecular flexibility index (Phi) is 7.33. The van der Waals surface area contributed by atoms with Crippen LogP contribution in [0.15, 0.2) is 54.1 Å². The summed E-state index contributed by atoms with van der Waals surface area (Å²) in [7, 11) is 0. The summed E-state index contributed by atoms with van der Waals surface area (Å²) in [5.41, 5.74) is 4.74. The quantitative estimate of drug-likeness (QED) is 0.626. The molecule has 0 amide bonds. The molecule has 0 radical (unpaired) electrons. The van der Waals surface area contributed by atoms with E-state index in [0.717, 1.165) is 28.7 Å². The van der Waals surface area contributed by atoms with Gasteiger partial charge in [0.25, 0.3) is 0 Å². The van der Waals surface area contributed by atoms with Crippen molar-refractivity contribution in [3.8, 4) is 0 Å². The lowest BCUT2D eigenvalue weighted by Crippen LogP contribution is -2.26. The highest BCUT2D eigenvalue weighted by molar-refractivity contribution is 5.68. The Bertz CT molecular complexity index is 754. The van der Waals surface area contributed by atoms with Crippen molar-refractivity contribution in [2.75, 3.05) is 0 Å². The van der Waals surface area contributed by atoms with Gasteiger partial charge in [0.15, 0.2) is 0 Å². The second-order valence-corrected chi connectivity index (χ2v) is 7.33. The number of aliphatic hydroxyl groups is 3. The molecule has 0 saturated heterocycles. The molecule has 0 spiro atoms. The van der Waals surface area contributed by atoms with Crippen molar-refractivity contribution in [1.82, 2.24) is 0 Å². The highest BCUT2D eigenvalue weighted by atomic mass is 16.3. The molecule has 1 saturated carbocycles. The second kappa shape index (κ2) is 10.6. The zero-order chi connectivity index (χ0) is 21.6. The largest absolute Gasteiger partial charge is 0.393 e. The molecule has 1 aromatic rings. The average molecular weight is 373 g/mol. The summed E-state index contributed by atoms with van der Waals surface area (Å²) in [6.45, 7) is 7.69. The van der Waals surface area contributed by atoms with Gasteiger partial charge < -0.3 is 15.3 Å². The standard InChI is InChI=1S/C24H34O3/c1-4-20(12-13-21-15-23(26)16-24(27)18(21)3)22-11-7-10-19(14-22)9-6-5-8-17(2)25/h7,10-14,17,23-27H,3-6,8-9,15-16H2,1-2H3/t17?,23-,24+/m1/s1/i5D,6D/t5?,6?,17?,23-,24+. The van der Waals surface area contributed by atoms with Crippen LogP contribution in [0.1, 0.15) is 66.2 Å². The van der Waals surface area contributed by atoms with Crippen LogP contribution in [0.2, 0.25) is 0 Å². The summed E-state index contributed by atoms with van der Waals surface area (Å²) >= 11 is 0. The molecule has 1 aromatic carbocycles. The molecule has 27 heavy (non-hydrogen) atoms. The number of hydrogen-bond acceptors (Lipinski definition) is 3. The van der Waals surface area contributed by atoms with Crippen LogP contribution in [0.25, 0.3) is 5.57 Å². The van der Waals surface area contributed by atoms with Gasteiger partial charge in [0, 0.05) is 9.16 Å². The van der Waals surface area contributed by atoms with Crippen molar-refractivity contribution in [1.29, 1.82) is 0 Å². The molecular weight excluding hydrogens is 336 g/mol. The summed E-state index contributed by atoms with van der Waals surface area (Å²) in [5, 5.41) is 29.4. The molecule has 0 bridgehead atoms. The zero-order valence-corrected chi connectivity index (χ0v) is 16.4. The molecule has 2 rings (SSSR count). The number of allylic oxidation sites excluding steroid dienone is 3. The minimum Gasteiger partial charge on any atom is -0.393 e. The normalized spacial score (nSPS) is 27.1. The molecule has 3 heteroatoms. The Morgan fingerprint density at radius 3 is 2.85 bits per heavy atom. The second-order valence-electron chi connectivity index (χ2n) is 7.33. The van der Waals surface area contributed by atoms with E-state index in [-0.39, 0.29) is 0 Å². The fourth-order valence-corrected chi connectivity index (χ4v) is 3.29. The topological polar surface area (TPSA) is 60.7 Å². The van der Waals surface area contributed by atoms with Crippen molar-refractivity contribution in [3.05, 3.63) is 65.3 Å². The van der Waals surface area contributed by atoms with E-state index in [1.54, 1.807) is 6.92 Å². The first-order valence-electron chi connectivity index (χ1n) is 10.9. The number of aliphatic hydroxyl groups excluding tert-OH is 3. The third kappa shape index (κ3) is 6.76. The van der Waals surface area contributed by atoms with Crippen LogP contribution in [-0.4, -0.2) is 33.6 Å². The Morgan fingerprint density at radius 1 is 1.37 bits per heavy atom. The minimum atomic E-state index is -0.694. The van der Waals surface area contributed by atoms with E-state index in [4.69, 9.17) is 2.74 Å². The van der Waals surface area contributed by atoms with Crippen LogP contribution in [0.4, 0.5) is 0 Å². The first-order valence-corrected chi connectivity index (χ1v) is 9.78. The Morgan fingerprint density at radius 2 is 2.15 bits per heavy atom. The van der Waals surface area contributed by atoms with E-state index < -0.39 is 31.1 Å². The maximum absolute atomic E-state index is 10.0. The number of hydrogen-bond donors (Lipinski definition) is 3. The molecule has 0 aliphatic heterocycles. The van der Waals surface area contributed by atoms with Crippen molar-refractivity contribution >= 4 is 5.57 Å². The average Bonchev–Trinajstić information content (AvgIpc) is 2.65. The summed E-state index contributed by atoms with van der Waals surface area (Å²) < 4.78 is 16.3. The zero-order valence-electron chi connectivity index (χ0n) is 18.4. The van der Waals surface area contributed by atoms with Crippen LogP contribution in [0, 0.1) is 0 Å². The van der Waals surface area contributed by atoms with Crippen molar-refractivity contribution < 1.29 is 18.1 Å². The number of aryl methyl sites for hydroxylation is 1. The lowest BCUT2D eigenvalue weighted by molar-refractivity contribution is 0.0862. The van der Waals surface area contributed by atoms with Crippen molar-refractivity contribution in [3.63, 3.8) is 0 Å². The number of benzene rings is 1. The lowest BCUT2D eigenvalue weighted by Gasteiger charge is -2.26. The Labute approximate surface area is 166 Å². The predicted molar refractivity (Wildman–Crippen MR) is 112 cm³/mol. The molecule has 5 atom stereocenters. The maximum Gasteiger partial charge on any atom is 0.0811 e. The summed E-state index contributed by atoms with van der Waals surface area (Å²) in [4.78, 5) is 0. The molecule has 1 aliphatic carbocycles. The molecule has 3 unspecified atom stereocenters. The van der Waals surface area contributed by atoms with Gasteiger partial charge in [-0.3, -0.25) is 0 Å². The van der Waals surface area contributed by atoms with E-state index in [9.17, 15) is 15.3 Å². The summed E-state index contributed by atoms with van der Waals surface area (Å²) in [6, 6.07) is 8.03. The van der Waals surface area contributed by atoms with E-state index in [1.807, 2.05) is 30.4 Å². The molecule has 3 nitrogen and oxygen atoms in total. The summed E-state index contributed by atoms with van der Waals surface area (Å²) in [5.74, 6) is 0. The van der Waals surface area contributed by atoms with Gasteiger partial charge in [-0.15, -0.1) is 0 Å². The fourth-order valence-electron chi connectivity index (χ4n) is 3.29. The lowest BCUT2D eigenvalue weighted by atomic mass is 9.86. The van der Waals surface area contributed by atoms with Crippen LogP contribution < -0.4 is 0 Å². The van der Waals surface area contributed by atoms with E-state index >= 15 is 0 Å². The highest BCUT2D eigenvalue weighted by Crippen LogP contribution is 2.29. The highest BCUT2D eigenvalue weighted by Gasteiger charge is 2.24. The SMILES string of the molecule is [2H]C(Cc1cccc(C(=CC=C2C[C@@H](O)C[C@H](O)C2=C)CC)c1)C([2H])CC(C)O. The van der Waals surface area contributed by atoms with Crippen LogP contribution in [0.5, 0.6) is 0 Å². The molecule has 148 valence electrons.